The molecule has 0 radical (unpaired) electrons. The van der Waals surface area contributed by atoms with Crippen LogP contribution in [-0.4, -0.2) is 18.0 Å². The zero-order valence-corrected chi connectivity index (χ0v) is 10.8. The van der Waals surface area contributed by atoms with Gasteiger partial charge in [-0.1, -0.05) is 26.7 Å². The molecule has 3 nitrogen and oxygen atoms in total. The molecule has 1 aliphatic rings. The number of hydrogen-bond donors (Lipinski definition) is 2. The average molecular weight is 226 g/mol. The minimum atomic E-state index is -0.344. The molecule has 0 heterocycles. The Kier molecular flexibility index (Phi) is 5.26. The standard InChI is InChI=1S/C13H26N2O/c1-9(2)8-12(14)13(16)15-10(3)11-6-4-5-7-11/h9-12H,4-8,14H2,1-3H3,(H,15,16)/t10-,12+/m1/s1. The Balaban J connectivity index is 2.31. The third kappa shape index (κ3) is 4.12. The van der Waals surface area contributed by atoms with Gasteiger partial charge in [-0.2, -0.15) is 0 Å². The van der Waals surface area contributed by atoms with Crippen LogP contribution < -0.4 is 11.1 Å². The van der Waals surface area contributed by atoms with Crippen molar-refractivity contribution in [1.29, 1.82) is 0 Å². The molecule has 3 heteroatoms. The second-order valence-corrected chi connectivity index (χ2v) is 5.58. The van der Waals surface area contributed by atoms with Gasteiger partial charge in [-0.15, -0.1) is 0 Å². The highest BCUT2D eigenvalue weighted by Crippen LogP contribution is 2.27. The van der Waals surface area contributed by atoms with Crippen LogP contribution in [-0.2, 0) is 4.79 Å². The second kappa shape index (κ2) is 6.24. The van der Waals surface area contributed by atoms with Gasteiger partial charge in [-0.3, -0.25) is 4.79 Å². The molecule has 0 aliphatic heterocycles. The van der Waals surface area contributed by atoms with Crippen LogP contribution in [0.25, 0.3) is 0 Å². The summed E-state index contributed by atoms with van der Waals surface area (Å²) < 4.78 is 0. The molecule has 0 saturated heterocycles. The summed E-state index contributed by atoms with van der Waals surface area (Å²) in [4.78, 5) is 11.8. The first-order chi connectivity index (χ1) is 7.50. The molecule has 1 rings (SSSR count). The van der Waals surface area contributed by atoms with Crippen LogP contribution in [0.1, 0.15) is 52.9 Å². The van der Waals surface area contributed by atoms with Crippen LogP contribution in [0, 0.1) is 11.8 Å². The van der Waals surface area contributed by atoms with Gasteiger partial charge >= 0.3 is 0 Å². The van der Waals surface area contributed by atoms with Gasteiger partial charge in [0, 0.05) is 6.04 Å². The Morgan fingerprint density at radius 3 is 2.38 bits per heavy atom. The summed E-state index contributed by atoms with van der Waals surface area (Å²) in [7, 11) is 0. The Morgan fingerprint density at radius 2 is 1.88 bits per heavy atom. The predicted octanol–water partition coefficient (Wildman–Crippen LogP) is 2.05. The summed E-state index contributed by atoms with van der Waals surface area (Å²) in [6, 6.07) is -0.0583. The van der Waals surface area contributed by atoms with Crippen LogP contribution >= 0.6 is 0 Å². The van der Waals surface area contributed by atoms with Crippen molar-refractivity contribution in [2.75, 3.05) is 0 Å². The number of carbonyl (C=O) groups is 1. The van der Waals surface area contributed by atoms with Crippen LogP contribution in [0.2, 0.25) is 0 Å². The molecule has 0 spiro atoms. The molecular formula is C13H26N2O. The van der Waals surface area contributed by atoms with Gasteiger partial charge in [0.05, 0.1) is 6.04 Å². The van der Waals surface area contributed by atoms with Crippen molar-refractivity contribution in [3.63, 3.8) is 0 Å². The van der Waals surface area contributed by atoms with Gasteiger partial charge in [0.15, 0.2) is 0 Å². The summed E-state index contributed by atoms with van der Waals surface area (Å²) in [5, 5.41) is 3.06. The Bertz CT molecular complexity index is 222. The fourth-order valence-corrected chi connectivity index (χ4v) is 2.52. The number of rotatable bonds is 5. The first-order valence-electron chi connectivity index (χ1n) is 6.56. The lowest BCUT2D eigenvalue weighted by Crippen LogP contribution is -2.46. The van der Waals surface area contributed by atoms with E-state index in [0.29, 0.717) is 11.8 Å². The molecule has 2 atom stereocenters. The molecule has 0 aromatic heterocycles. The maximum Gasteiger partial charge on any atom is 0.237 e. The van der Waals surface area contributed by atoms with Gasteiger partial charge in [0.1, 0.15) is 0 Å². The van der Waals surface area contributed by atoms with E-state index in [4.69, 9.17) is 5.73 Å². The van der Waals surface area contributed by atoms with Gasteiger partial charge in [-0.25, -0.2) is 0 Å². The number of amides is 1. The van der Waals surface area contributed by atoms with Crippen LogP contribution in [0.15, 0.2) is 0 Å². The maximum absolute atomic E-state index is 11.8. The number of carbonyl (C=O) groups excluding carboxylic acids is 1. The largest absolute Gasteiger partial charge is 0.352 e. The number of nitrogens with two attached hydrogens (primary N) is 1. The van der Waals surface area contributed by atoms with E-state index in [1.807, 2.05) is 0 Å². The monoisotopic (exact) mass is 226 g/mol. The molecule has 0 aromatic rings. The minimum absolute atomic E-state index is 0.0214. The molecule has 1 fully saturated rings. The van der Waals surface area contributed by atoms with Gasteiger partial charge in [-0.05, 0) is 38.0 Å². The number of nitrogens with one attached hydrogen (secondary N) is 1. The van der Waals surface area contributed by atoms with E-state index in [1.54, 1.807) is 0 Å². The first-order valence-corrected chi connectivity index (χ1v) is 6.56. The number of hydrogen-bond acceptors (Lipinski definition) is 2. The average Bonchev–Trinajstić information content (AvgIpc) is 2.68. The van der Waals surface area contributed by atoms with Gasteiger partial charge in [0.2, 0.25) is 5.91 Å². The van der Waals surface area contributed by atoms with Crippen molar-refractivity contribution in [3.8, 4) is 0 Å². The molecule has 16 heavy (non-hydrogen) atoms. The van der Waals surface area contributed by atoms with E-state index >= 15 is 0 Å². The second-order valence-electron chi connectivity index (χ2n) is 5.58. The molecule has 0 aromatic carbocycles. The van der Waals surface area contributed by atoms with Crippen LogP contribution in [0.4, 0.5) is 0 Å². The van der Waals surface area contributed by atoms with Crippen molar-refractivity contribution in [2.24, 2.45) is 17.6 Å². The van der Waals surface area contributed by atoms with E-state index in [1.165, 1.54) is 25.7 Å². The van der Waals surface area contributed by atoms with Crippen molar-refractivity contribution < 1.29 is 4.79 Å². The van der Waals surface area contributed by atoms with Gasteiger partial charge < -0.3 is 11.1 Å². The van der Waals surface area contributed by atoms with Crippen molar-refractivity contribution in [1.82, 2.24) is 5.32 Å². The van der Waals surface area contributed by atoms with E-state index in [2.05, 4.69) is 26.1 Å². The summed E-state index contributed by atoms with van der Waals surface area (Å²) in [5.74, 6) is 1.16. The summed E-state index contributed by atoms with van der Waals surface area (Å²) >= 11 is 0. The van der Waals surface area contributed by atoms with E-state index < -0.39 is 0 Å². The first kappa shape index (κ1) is 13.5. The quantitative estimate of drug-likeness (QED) is 0.754. The van der Waals surface area contributed by atoms with Crippen molar-refractivity contribution >= 4 is 5.91 Å². The maximum atomic E-state index is 11.8. The highest BCUT2D eigenvalue weighted by atomic mass is 16.2. The van der Waals surface area contributed by atoms with Gasteiger partial charge in [0.25, 0.3) is 0 Å². The van der Waals surface area contributed by atoms with Crippen LogP contribution in [0.5, 0.6) is 0 Å². The van der Waals surface area contributed by atoms with Crippen LogP contribution in [0.3, 0.4) is 0 Å². The zero-order valence-electron chi connectivity index (χ0n) is 10.8. The Morgan fingerprint density at radius 1 is 1.31 bits per heavy atom. The summed E-state index contributed by atoms with van der Waals surface area (Å²) in [6.07, 6.45) is 5.89. The summed E-state index contributed by atoms with van der Waals surface area (Å²) in [5.41, 5.74) is 5.85. The lowest BCUT2D eigenvalue weighted by molar-refractivity contribution is -0.123. The smallest absolute Gasteiger partial charge is 0.237 e. The third-order valence-corrected chi connectivity index (χ3v) is 3.54. The molecule has 1 saturated carbocycles. The SMILES string of the molecule is CC(C)C[C@H](N)C(=O)N[C@H](C)C1CCCC1. The lowest BCUT2D eigenvalue weighted by atomic mass is 9.98. The highest BCUT2D eigenvalue weighted by molar-refractivity contribution is 5.81. The molecular weight excluding hydrogens is 200 g/mol. The molecule has 0 unspecified atom stereocenters. The minimum Gasteiger partial charge on any atom is -0.352 e. The highest BCUT2D eigenvalue weighted by Gasteiger charge is 2.24. The Labute approximate surface area is 99.2 Å². The van der Waals surface area contributed by atoms with E-state index in [0.717, 1.165) is 6.42 Å². The van der Waals surface area contributed by atoms with E-state index in [9.17, 15) is 4.79 Å². The van der Waals surface area contributed by atoms with E-state index in [-0.39, 0.29) is 18.0 Å². The third-order valence-electron chi connectivity index (χ3n) is 3.54. The van der Waals surface area contributed by atoms with Crippen molar-refractivity contribution in [3.05, 3.63) is 0 Å². The molecule has 94 valence electrons. The molecule has 1 amide bonds. The fourth-order valence-electron chi connectivity index (χ4n) is 2.52. The molecule has 1 aliphatic carbocycles. The summed E-state index contributed by atoms with van der Waals surface area (Å²) in [6.45, 7) is 6.29. The zero-order chi connectivity index (χ0) is 12.1. The topological polar surface area (TPSA) is 55.1 Å². The Hall–Kier alpha value is -0.570. The van der Waals surface area contributed by atoms with Crippen molar-refractivity contribution in [2.45, 2.75) is 65.0 Å². The fraction of sp³-hybridized carbons (Fsp3) is 0.923. The molecule has 3 N–H and O–H groups in total. The predicted molar refractivity (Wildman–Crippen MR) is 67.0 cm³/mol. The normalized spacial score (nSPS) is 21.1. The molecule has 0 bridgehead atoms. The lowest BCUT2D eigenvalue weighted by Gasteiger charge is -2.23.